The van der Waals surface area contributed by atoms with E-state index in [2.05, 4.69) is 96.0 Å². The Morgan fingerprint density at radius 2 is 0.909 bits per heavy atom. The summed E-state index contributed by atoms with van der Waals surface area (Å²) in [6, 6.07) is 0. The fourth-order valence-corrected chi connectivity index (χ4v) is 4.59. The molecule has 5 nitrogen and oxygen atoms in total. The Balaban J connectivity index is 0.000000459. The molecule has 33 heavy (non-hydrogen) atoms. The molecule has 5 heteroatoms. The van der Waals surface area contributed by atoms with Gasteiger partial charge in [-0.05, 0) is 92.9 Å². The second-order valence-corrected chi connectivity index (χ2v) is 13.2. The number of hydrogen-bond donors (Lipinski definition) is 0. The molecule has 3 aliphatic rings. The van der Waals surface area contributed by atoms with Crippen LogP contribution in [0.15, 0.2) is 0 Å². The molecule has 0 radical (unpaired) electrons. The summed E-state index contributed by atoms with van der Waals surface area (Å²) in [4.78, 5) is 9.83. The van der Waals surface area contributed by atoms with Crippen molar-refractivity contribution in [2.75, 3.05) is 79.7 Å². The van der Waals surface area contributed by atoms with E-state index in [0.717, 1.165) is 32.2 Å². The third-order valence-electron chi connectivity index (χ3n) is 7.36. The third kappa shape index (κ3) is 13.5. The molecule has 0 spiro atoms. The van der Waals surface area contributed by atoms with Crippen LogP contribution in [0.5, 0.6) is 0 Å². The fourth-order valence-electron chi connectivity index (χ4n) is 4.59. The highest BCUT2D eigenvalue weighted by atomic mass is 16.5. The van der Waals surface area contributed by atoms with Gasteiger partial charge in [-0.3, -0.25) is 9.80 Å². The molecule has 0 bridgehead atoms. The van der Waals surface area contributed by atoms with E-state index in [1.54, 1.807) is 0 Å². The van der Waals surface area contributed by atoms with Crippen molar-refractivity contribution in [3.05, 3.63) is 0 Å². The number of morpholine rings is 1. The minimum Gasteiger partial charge on any atom is -0.379 e. The van der Waals surface area contributed by atoms with Crippen molar-refractivity contribution in [3.63, 3.8) is 0 Å². The quantitative estimate of drug-likeness (QED) is 0.486. The second-order valence-electron chi connectivity index (χ2n) is 13.2. The highest BCUT2D eigenvalue weighted by molar-refractivity contribution is 4.81. The number of likely N-dealkylation sites (N-methyl/N-ethyl adjacent to an activating group) is 1. The molecule has 3 saturated heterocycles. The van der Waals surface area contributed by atoms with Gasteiger partial charge in [0.15, 0.2) is 0 Å². The molecule has 0 saturated carbocycles. The second kappa shape index (κ2) is 14.4. The SMILES string of the molecule is C.CC(C)(C)N1CCOCC1.CN1CCC(C(C)(C)C)CC1.CN1CCN(C(C)(C)C)CC1. The van der Waals surface area contributed by atoms with Gasteiger partial charge in [0, 0.05) is 50.3 Å². The molecule has 3 fully saturated rings. The van der Waals surface area contributed by atoms with E-state index in [0.29, 0.717) is 16.5 Å². The van der Waals surface area contributed by atoms with E-state index in [-0.39, 0.29) is 7.43 Å². The summed E-state index contributed by atoms with van der Waals surface area (Å²) in [5.41, 5.74) is 1.21. The monoisotopic (exact) mass is 470 g/mol. The van der Waals surface area contributed by atoms with Crippen molar-refractivity contribution >= 4 is 0 Å². The van der Waals surface area contributed by atoms with Crippen LogP contribution < -0.4 is 0 Å². The molecule has 0 amide bonds. The smallest absolute Gasteiger partial charge is 0.0594 e. The molecule has 0 unspecified atom stereocenters. The van der Waals surface area contributed by atoms with E-state index in [1.807, 2.05) is 0 Å². The predicted molar refractivity (Wildman–Crippen MR) is 147 cm³/mol. The molecular weight excluding hydrogens is 408 g/mol. The van der Waals surface area contributed by atoms with Crippen molar-refractivity contribution < 1.29 is 4.74 Å². The van der Waals surface area contributed by atoms with E-state index in [1.165, 1.54) is 52.1 Å². The molecule has 0 atom stereocenters. The molecule has 3 rings (SSSR count). The normalized spacial score (nSPS) is 23.0. The first-order valence-electron chi connectivity index (χ1n) is 13.1. The highest BCUT2D eigenvalue weighted by Crippen LogP contribution is 2.33. The Labute approximate surface area is 209 Å². The molecule has 3 heterocycles. The molecule has 0 aromatic carbocycles. The van der Waals surface area contributed by atoms with Gasteiger partial charge in [-0.2, -0.15) is 0 Å². The summed E-state index contributed by atoms with van der Waals surface area (Å²) in [5.74, 6) is 0.943. The number of ether oxygens (including phenoxy) is 1. The number of piperazine rings is 1. The van der Waals surface area contributed by atoms with Crippen LogP contribution in [-0.2, 0) is 4.74 Å². The van der Waals surface area contributed by atoms with Gasteiger partial charge in [-0.25, -0.2) is 0 Å². The summed E-state index contributed by atoms with van der Waals surface area (Å²) < 4.78 is 5.25. The zero-order valence-corrected chi connectivity index (χ0v) is 23.8. The Morgan fingerprint density at radius 3 is 1.24 bits per heavy atom. The lowest BCUT2D eigenvalue weighted by molar-refractivity contribution is -0.00389. The average molecular weight is 471 g/mol. The first-order chi connectivity index (χ1) is 14.6. The van der Waals surface area contributed by atoms with E-state index >= 15 is 0 Å². The van der Waals surface area contributed by atoms with Crippen LogP contribution in [0.25, 0.3) is 0 Å². The van der Waals surface area contributed by atoms with Crippen LogP contribution in [0.4, 0.5) is 0 Å². The maximum absolute atomic E-state index is 5.25. The molecule has 0 aromatic rings. The number of piperidine rings is 1. The molecule has 200 valence electrons. The first-order valence-corrected chi connectivity index (χ1v) is 13.1. The fraction of sp³-hybridized carbons (Fsp3) is 1.00. The topological polar surface area (TPSA) is 22.2 Å². The van der Waals surface area contributed by atoms with Gasteiger partial charge >= 0.3 is 0 Å². The van der Waals surface area contributed by atoms with Crippen molar-refractivity contribution in [2.45, 2.75) is 93.7 Å². The van der Waals surface area contributed by atoms with Gasteiger partial charge in [0.2, 0.25) is 0 Å². The van der Waals surface area contributed by atoms with Gasteiger partial charge in [0.1, 0.15) is 0 Å². The van der Waals surface area contributed by atoms with Gasteiger partial charge in [-0.15, -0.1) is 0 Å². The summed E-state index contributed by atoms with van der Waals surface area (Å²) in [7, 11) is 4.42. The molecule has 0 N–H and O–H groups in total. The van der Waals surface area contributed by atoms with Crippen LogP contribution in [0.3, 0.4) is 0 Å². The van der Waals surface area contributed by atoms with Gasteiger partial charge in [0.05, 0.1) is 13.2 Å². The zero-order valence-electron chi connectivity index (χ0n) is 23.8. The minimum absolute atomic E-state index is 0. The Morgan fingerprint density at radius 1 is 0.545 bits per heavy atom. The largest absolute Gasteiger partial charge is 0.379 e. The van der Waals surface area contributed by atoms with Crippen LogP contribution in [0.2, 0.25) is 0 Å². The maximum atomic E-state index is 5.25. The summed E-state index contributed by atoms with van der Waals surface area (Å²) in [6.07, 6.45) is 2.78. The summed E-state index contributed by atoms with van der Waals surface area (Å²) in [6.45, 7) is 32.2. The van der Waals surface area contributed by atoms with Gasteiger partial charge in [-0.1, -0.05) is 28.2 Å². The Kier molecular flexibility index (Phi) is 14.3. The molecule has 0 aromatic heterocycles. The van der Waals surface area contributed by atoms with Crippen molar-refractivity contribution in [1.29, 1.82) is 0 Å². The predicted octanol–water partition coefficient (Wildman–Crippen LogP) is 5.16. The Hall–Kier alpha value is -0.200. The number of hydrogen-bond acceptors (Lipinski definition) is 5. The standard InChI is InChI=1S/C10H21N.C9H20N2.C8H17NO.CH4/c1-10(2,3)9-5-7-11(4)8-6-9;1-9(2,3)11-7-5-10(4)6-8-11;1-8(2,3)9-4-6-10-7-5-9;/h9H,5-8H2,1-4H3;5-8H2,1-4H3;4-7H2,1-3H3;1H4. The third-order valence-corrected chi connectivity index (χ3v) is 7.36. The van der Waals surface area contributed by atoms with Crippen LogP contribution >= 0.6 is 0 Å². The van der Waals surface area contributed by atoms with Gasteiger partial charge in [0.25, 0.3) is 0 Å². The van der Waals surface area contributed by atoms with Crippen molar-refractivity contribution in [1.82, 2.24) is 19.6 Å². The molecule has 3 aliphatic heterocycles. The maximum Gasteiger partial charge on any atom is 0.0594 e. The first kappa shape index (κ1) is 32.8. The lowest BCUT2D eigenvalue weighted by atomic mass is 9.75. The van der Waals surface area contributed by atoms with Crippen LogP contribution in [0, 0.1) is 11.3 Å². The van der Waals surface area contributed by atoms with Crippen LogP contribution in [0.1, 0.15) is 82.6 Å². The van der Waals surface area contributed by atoms with Crippen molar-refractivity contribution in [3.8, 4) is 0 Å². The lowest BCUT2D eigenvalue weighted by Gasteiger charge is -2.41. The van der Waals surface area contributed by atoms with Crippen molar-refractivity contribution in [2.24, 2.45) is 11.3 Å². The van der Waals surface area contributed by atoms with Crippen LogP contribution in [-0.4, -0.2) is 110 Å². The summed E-state index contributed by atoms with van der Waals surface area (Å²) >= 11 is 0. The minimum atomic E-state index is 0. The van der Waals surface area contributed by atoms with Gasteiger partial charge < -0.3 is 14.5 Å². The highest BCUT2D eigenvalue weighted by Gasteiger charge is 2.27. The number of rotatable bonds is 0. The van der Waals surface area contributed by atoms with E-state index in [4.69, 9.17) is 4.74 Å². The van der Waals surface area contributed by atoms with E-state index in [9.17, 15) is 0 Å². The average Bonchev–Trinajstić information content (AvgIpc) is 2.68. The zero-order chi connectivity index (χ0) is 24.6. The Bertz CT molecular complexity index is 449. The lowest BCUT2D eigenvalue weighted by Crippen LogP contribution is -2.52. The number of likely N-dealkylation sites (tertiary alicyclic amines) is 1. The molecular formula is C28H62N4O. The number of nitrogens with zero attached hydrogens (tertiary/aromatic N) is 4. The molecule has 0 aliphatic carbocycles. The summed E-state index contributed by atoms with van der Waals surface area (Å²) in [5, 5.41) is 0. The van der Waals surface area contributed by atoms with E-state index < -0.39 is 0 Å².